The molecule has 0 radical (unpaired) electrons. The van der Waals surface area contributed by atoms with Crippen molar-refractivity contribution in [2.24, 2.45) is 11.3 Å². The summed E-state index contributed by atoms with van der Waals surface area (Å²) in [6.07, 6.45) is 4.09. The number of nitrogens with zero attached hydrogens (tertiary/aromatic N) is 1. The minimum absolute atomic E-state index is 0.0522. The Labute approximate surface area is 186 Å². The van der Waals surface area contributed by atoms with E-state index in [-0.39, 0.29) is 29.7 Å². The van der Waals surface area contributed by atoms with Crippen LogP contribution in [0.1, 0.15) is 78.9 Å². The number of benzene rings is 1. The normalized spacial score (nSPS) is 21.0. The minimum Gasteiger partial charge on any atom is -0.481 e. The first-order valence-corrected chi connectivity index (χ1v) is 11.2. The molecule has 5 heteroatoms. The highest BCUT2D eigenvalue weighted by Gasteiger charge is 2.41. The number of amides is 1. The number of carbonyl (C=O) groups is 2. The maximum Gasteiger partial charge on any atom is 0.305 e. The molecule has 0 unspecified atom stereocenters. The van der Waals surface area contributed by atoms with Gasteiger partial charge in [0.05, 0.1) is 6.42 Å². The van der Waals surface area contributed by atoms with Crippen molar-refractivity contribution >= 4 is 23.5 Å². The van der Waals surface area contributed by atoms with Crippen LogP contribution in [0, 0.1) is 11.3 Å². The van der Waals surface area contributed by atoms with Crippen molar-refractivity contribution in [2.75, 3.05) is 0 Å². The number of hydrogen-bond acceptors (Lipinski definition) is 2. The third-order valence-corrected chi connectivity index (χ3v) is 6.46. The third-order valence-electron chi connectivity index (χ3n) is 6.11. The van der Waals surface area contributed by atoms with E-state index in [2.05, 4.69) is 53.7 Å². The van der Waals surface area contributed by atoms with Crippen molar-refractivity contribution in [3.8, 4) is 0 Å². The van der Waals surface area contributed by atoms with Crippen LogP contribution in [0.25, 0.3) is 0 Å². The molecule has 4 nitrogen and oxygen atoms in total. The molecule has 0 spiro atoms. The van der Waals surface area contributed by atoms with Gasteiger partial charge in [0.2, 0.25) is 5.91 Å². The second-order valence-electron chi connectivity index (χ2n) is 10.4. The molecule has 2 rings (SSSR count). The topological polar surface area (TPSA) is 57.6 Å². The summed E-state index contributed by atoms with van der Waals surface area (Å²) in [7, 11) is 0. The van der Waals surface area contributed by atoms with E-state index in [1.807, 2.05) is 12.3 Å². The maximum absolute atomic E-state index is 13.0. The number of carboxylic acids is 1. The van der Waals surface area contributed by atoms with E-state index in [4.69, 9.17) is 16.7 Å². The van der Waals surface area contributed by atoms with Crippen LogP contribution in [-0.2, 0) is 21.4 Å². The van der Waals surface area contributed by atoms with E-state index in [0.29, 0.717) is 6.42 Å². The lowest BCUT2D eigenvalue weighted by Gasteiger charge is -2.42. The predicted octanol–water partition coefficient (Wildman–Crippen LogP) is 6.21. The minimum atomic E-state index is -0.902. The van der Waals surface area contributed by atoms with Crippen LogP contribution in [-0.4, -0.2) is 27.9 Å². The van der Waals surface area contributed by atoms with Gasteiger partial charge in [0.25, 0.3) is 0 Å². The monoisotopic (exact) mass is 433 g/mol. The molecular weight excluding hydrogens is 398 g/mol. The molecule has 1 aromatic rings. The number of aryl methyl sites for hydroxylation is 1. The molecule has 1 aliphatic rings. The number of carboxylic acid groups (broad SMARTS) is 1. The Morgan fingerprint density at radius 3 is 2.40 bits per heavy atom. The van der Waals surface area contributed by atoms with Crippen molar-refractivity contribution in [3.63, 3.8) is 0 Å². The summed E-state index contributed by atoms with van der Waals surface area (Å²) in [5.74, 6) is -0.744. The Morgan fingerprint density at radius 2 is 1.90 bits per heavy atom. The molecule has 0 saturated carbocycles. The first kappa shape index (κ1) is 24.5. The summed E-state index contributed by atoms with van der Waals surface area (Å²) in [4.78, 5) is 25.7. The SMILES string of the molecule is CC(C)C1=CN([C@@H](C)CC(=O)O)C(=O)C[C@@]1(C)c1ccc(CCC(C)(C)C)c(Cl)c1. The first-order chi connectivity index (χ1) is 13.7. The molecule has 0 aromatic heterocycles. The van der Waals surface area contributed by atoms with Crippen LogP contribution in [0.4, 0.5) is 0 Å². The number of rotatable bonds is 7. The molecule has 0 saturated heterocycles. The molecule has 0 fully saturated rings. The highest BCUT2D eigenvalue weighted by atomic mass is 35.5. The largest absolute Gasteiger partial charge is 0.481 e. The second-order valence-corrected chi connectivity index (χ2v) is 10.8. The third kappa shape index (κ3) is 5.66. The Hall–Kier alpha value is -1.81. The summed E-state index contributed by atoms with van der Waals surface area (Å²) < 4.78 is 0. The molecule has 2 atom stereocenters. The fraction of sp³-hybridized carbons (Fsp3) is 0.600. The number of carbonyl (C=O) groups excluding carboxylic acids is 1. The Bertz CT molecular complexity index is 837. The van der Waals surface area contributed by atoms with Gasteiger partial charge in [-0.3, -0.25) is 9.59 Å². The summed E-state index contributed by atoms with van der Waals surface area (Å²) >= 11 is 6.66. The molecule has 1 amide bonds. The molecule has 0 aliphatic carbocycles. The molecule has 30 heavy (non-hydrogen) atoms. The van der Waals surface area contributed by atoms with Crippen molar-refractivity contribution in [1.82, 2.24) is 4.90 Å². The molecular formula is C25H36ClNO3. The van der Waals surface area contributed by atoms with Crippen LogP contribution in [0.5, 0.6) is 0 Å². The van der Waals surface area contributed by atoms with Gasteiger partial charge < -0.3 is 10.0 Å². The van der Waals surface area contributed by atoms with E-state index < -0.39 is 11.4 Å². The van der Waals surface area contributed by atoms with E-state index in [1.54, 1.807) is 11.8 Å². The summed E-state index contributed by atoms with van der Waals surface area (Å²) in [5.41, 5.74) is 3.07. The Kier molecular flexibility index (Phi) is 7.45. The van der Waals surface area contributed by atoms with Crippen molar-refractivity contribution < 1.29 is 14.7 Å². The van der Waals surface area contributed by atoms with Gasteiger partial charge in [0.1, 0.15) is 0 Å². The highest BCUT2D eigenvalue weighted by molar-refractivity contribution is 6.31. The van der Waals surface area contributed by atoms with E-state index >= 15 is 0 Å². The van der Waals surface area contributed by atoms with Gasteiger partial charge in [-0.15, -0.1) is 0 Å². The van der Waals surface area contributed by atoms with Crippen molar-refractivity contribution in [2.45, 2.75) is 85.6 Å². The lowest BCUT2D eigenvalue weighted by molar-refractivity contribution is -0.139. The van der Waals surface area contributed by atoms with Gasteiger partial charge in [-0.05, 0) is 53.9 Å². The molecule has 166 valence electrons. The fourth-order valence-electron chi connectivity index (χ4n) is 4.24. The van der Waals surface area contributed by atoms with Crippen LogP contribution >= 0.6 is 11.6 Å². The number of allylic oxidation sites excluding steroid dienone is 1. The van der Waals surface area contributed by atoms with Gasteiger partial charge >= 0.3 is 5.97 Å². The van der Waals surface area contributed by atoms with E-state index in [9.17, 15) is 9.59 Å². The van der Waals surface area contributed by atoms with E-state index in [1.165, 1.54) is 0 Å². The molecule has 1 aromatic carbocycles. The highest BCUT2D eigenvalue weighted by Crippen LogP contribution is 2.44. The van der Waals surface area contributed by atoms with Gasteiger partial charge in [-0.1, -0.05) is 65.3 Å². The van der Waals surface area contributed by atoms with Crippen molar-refractivity contribution in [1.29, 1.82) is 0 Å². The lowest BCUT2D eigenvalue weighted by atomic mass is 9.68. The Balaban J connectivity index is 2.40. The van der Waals surface area contributed by atoms with Gasteiger partial charge in [0.15, 0.2) is 0 Å². The molecule has 1 heterocycles. The van der Waals surface area contributed by atoms with Crippen molar-refractivity contribution in [3.05, 3.63) is 46.1 Å². The quantitative estimate of drug-likeness (QED) is 0.555. The summed E-state index contributed by atoms with van der Waals surface area (Å²) in [5, 5.41) is 9.88. The Morgan fingerprint density at radius 1 is 1.27 bits per heavy atom. The van der Waals surface area contributed by atoms with Crippen LogP contribution in [0.3, 0.4) is 0 Å². The average Bonchev–Trinajstić information content (AvgIpc) is 2.58. The maximum atomic E-state index is 13.0. The van der Waals surface area contributed by atoms with Crippen LogP contribution in [0.15, 0.2) is 30.0 Å². The zero-order valence-electron chi connectivity index (χ0n) is 19.4. The zero-order valence-corrected chi connectivity index (χ0v) is 20.1. The molecule has 1 aliphatic heterocycles. The molecule has 1 N–H and O–H groups in total. The second kappa shape index (κ2) is 9.13. The first-order valence-electron chi connectivity index (χ1n) is 10.8. The summed E-state index contributed by atoms with van der Waals surface area (Å²) in [6, 6.07) is 5.83. The molecule has 0 bridgehead atoms. The predicted molar refractivity (Wildman–Crippen MR) is 123 cm³/mol. The number of aliphatic carboxylic acids is 1. The van der Waals surface area contributed by atoms with Crippen LogP contribution < -0.4 is 0 Å². The number of hydrogen-bond donors (Lipinski definition) is 1. The standard InChI is InChI=1S/C25H36ClNO3/c1-16(2)20-15-27(17(3)12-23(29)30)22(28)14-25(20,7)19-9-8-18(21(26)13-19)10-11-24(4,5)6/h8-9,13,15-17H,10-12,14H2,1-7H3,(H,29,30)/t17-,25-/m0/s1. The van der Waals surface area contributed by atoms with Gasteiger partial charge in [0, 0.05) is 29.1 Å². The van der Waals surface area contributed by atoms with Crippen LogP contribution in [0.2, 0.25) is 5.02 Å². The van der Waals surface area contributed by atoms with Gasteiger partial charge in [-0.25, -0.2) is 0 Å². The fourth-order valence-corrected chi connectivity index (χ4v) is 4.52. The summed E-state index contributed by atoms with van der Waals surface area (Å²) in [6.45, 7) is 14.8. The van der Waals surface area contributed by atoms with Gasteiger partial charge in [-0.2, -0.15) is 0 Å². The number of halogens is 1. The average molecular weight is 434 g/mol. The van der Waals surface area contributed by atoms with E-state index in [0.717, 1.165) is 34.6 Å². The smallest absolute Gasteiger partial charge is 0.305 e. The zero-order chi connectivity index (χ0) is 22.9. The lowest BCUT2D eigenvalue weighted by Crippen LogP contribution is -2.46.